The van der Waals surface area contributed by atoms with Crippen LogP contribution in [0.4, 0.5) is 0 Å². The number of halogens is 2. The molecule has 0 spiro atoms. The van der Waals surface area contributed by atoms with Gasteiger partial charge < -0.3 is 9.47 Å². The second-order valence-electron chi connectivity index (χ2n) is 11.1. The summed E-state index contributed by atoms with van der Waals surface area (Å²) in [6.45, 7) is 6.53. The van der Waals surface area contributed by atoms with Crippen molar-refractivity contribution in [2.75, 3.05) is 19.8 Å². The number of hydrogen-bond donors (Lipinski definition) is 0. The van der Waals surface area contributed by atoms with Gasteiger partial charge in [-0.2, -0.15) is 0 Å². The van der Waals surface area contributed by atoms with Crippen molar-refractivity contribution in [3.05, 3.63) is 70.8 Å². The molecule has 200 valence electrons. The van der Waals surface area contributed by atoms with Gasteiger partial charge in [0, 0.05) is 5.92 Å². The van der Waals surface area contributed by atoms with Gasteiger partial charge in [-0.15, -0.1) is 0 Å². The highest BCUT2D eigenvalue weighted by Gasteiger charge is 2.68. The van der Waals surface area contributed by atoms with E-state index in [0.717, 1.165) is 22.3 Å². The summed E-state index contributed by atoms with van der Waals surface area (Å²) < 4.78 is 9.47. The summed E-state index contributed by atoms with van der Waals surface area (Å²) in [6, 6.07) is 15.6. The Morgan fingerprint density at radius 1 is 0.842 bits per heavy atom. The minimum atomic E-state index is -1.03. The number of hydrogen-bond acceptors (Lipinski definition) is 6. The van der Waals surface area contributed by atoms with E-state index in [-0.39, 0.29) is 37.5 Å². The van der Waals surface area contributed by atoms with E-state index in [0.29, 0.717) is 0 Å². The fraction of sp³-hybridized carbons (Fsp3) is 0.448. The second kappa shape index (κ2) is 9.30. The summed E-state index contributed by atoms with van der Waals surface area (Å²) in [5, 5.41) is 0. The largest absolute Gasteiger partial charge is 0.463 e. The van der Waals surface area contributed by atoms with E-state index in [2.05, 4.69) is 31.9 Å². The predicted molar refractivity (Wildman–Crippen MR) is 147 cm³/mol. The molecule has 2 aromatic rings. The van der Waals surface area contributed by atoms with Gasteiger partial charge in [-0.25, -0.2) is 0 Å². The number of carbonyl (C=O) groups is 4. The number of benzene rings is 2. The first kappa shape index (κ1) is 27.1. The Morgan fingerprint density at radius 2 is 1.34 bits per heavy atom. The molecular formula is C29H29Br2NO6. The van der Waals surface area contributed by atoms with Gasteiger partial charge in [0.25, 0.3) is 0 Å². The molecule has 0 saturated carbocycles. The maximum absolute atomic E-state index is 14.1. The van der Waals surface area contributed by atoms with Crippen LogP contribution < -0.4 is 0 Å². The molecule has 1 heterocycles. The minimum Gasteiger partial charge on any atom is -0.463 e. The zero-order chi connectivity index (χ0) is 27.6. The number of imide groups is 1. The topological polar surface area (TPSA) is 90.0 Å². The summed E-state index contributed by atoms with van der Waals surface area (Å²) in [5.74, 6) is -3.26. The molecular weight excluding hydrogens is 618 g/mol. The van der Waals surface area contributed by atoms with Crippen LogP contribution in [0.3, 0.4) is 0 Å². The number of esters is 2. The average Bonchev–Trinajstić information content (AvgIpc) is 3.12. The predicted octanol–water partition coefficient (Wildman–Crippen LogP) is 4.47. The molecule has 1 fully saturated rings. The van der Waals surface area contributed by atoms with Crippen LogP contribution in [-0.2, 0) is 34.1 Å². The molecule has 6 rings (SSSR count). The summed E-state index contributed by atoms with van der Waals surface area (Å²) in [5.41, 5.74) is 2.71. The van der Waals surface area contributed by atoms with Crippen molar-refractivity contribution in [1.82, 2.24) is 4.90 Å². The average molecular weight is 647 g/mol. The molecule has 2 bridgehead atoms. The van der Waals surface area contributed by atoms with Crippen LogP contribution in [0.2, 0.25) is 0 Å². The Balaban J connectivity index is 1.58. The zero-order valence-corrected chi connectivity index (χ0v) is 24.8. The van der Waals surface area contributed by atoms with Gasteiger partial charge in [0.2, 0.25) is 11.8 Å². The highest BCUT2D eigenvalue weighted by molar-refractivity contribution is 9.10. The number of alkyl halides is 2. The molecule has 2 atom stereocenters. The number of nitrogens with zero attached hydrogens (tertiary/aromatic N) is 1. The number of likely N-dealkylation sites (tertiary alicyclic amines) is 1. The van der Waals surface area contributed by atoms with Crippen molar-refractivity contribution in [1.29, 1.82) is 0 Å². The van der Waals surface area contributed by atoms with Gasteiger partial charge in [0.1, 0.15) is 21.9 Å². The Kier molecular flexibility index (Phi) is 6.62. The third-order valence-corrected chi connectivity index (χ3v) is 8.48. The smallest absolute Gasteiger partial charge is 0.322 e. The molecule has 4 aliphatic rings. The first-order valence-corrected chi connectivity index (χ1v) is 14.1. The van der Waals surface area contributed by atoms with Crippen LogP contribution in [-0.4, -0.2) is 57.1 Å². The SMILES string of the molecule is CC(C)(Br)C(=O)OCCN1C(=O)C2C3c4ccccc4C(COC(=O)C(C)(C)Br)(c4ccccc43)C2C1=O. The maximum Gasteiger partial charge on any atom is 0.322 e. The highest BCUT2D eigenvalue weighted by Crippen LogP contribution is 2.64. The van der Waals surface area contributed by atoms with Crippen molar-refractivity contribution in [3.63, 3.8) is 0 Å². The van der Waals surface area contributed by atoms with E-state index >= 15 is 0 Å². The molecule has 1 saturated heterocycles. The zero-order valence-electron chi connectivity index (χ0n) is 21.6. The molecule has 38 heavy (non-hydrogen) atoms. The van der Waals surface area contributed by atoms with Gasteiger partial charge in [-0.05, 0) is 49.9 Å². The lowest BCUT2D eigenvalue weighted by Gasteiger charge is -2.53. The van der Waals surface area contributed by atoms with Crippen LogP contribution in [0.1, 0.15) is 55.9 Å². The molecule has 0 aromatic heterocycles. The molecule has 0 N–H and O–H groups in total. The maximum atomic E-state index is 14.1. The summed E-state index contributed by atoms with van der Waals surface area (Å²) in [4.78, 5) is 54.4. The molecule has 1 aliphatic heterocycles. The minimum absolute atomic E-state index is 0.0385. The molecule has 2 aromatic carbocycles. The van der Waals surface area contributed by atoms with E-state index < -0.39 is 37.8 Å². The van der Waals surface area contributed by atoms with Gasteiger partial charge in [0.05, 0.1) is 23.8 Å². The van der Waals surface area contributed by atoms with Gasteiger partial charge in [-0.1, -0.05) is 80.4 Å². The summed E-state index contributed by atoms with van der Waals surface area (Å²) in [7, 11) is 0. The van der Waals surface area contributed by atoms with Crippen LogP contribution in [0.15, 0.2) is 48.5 Å². The lowest BCUT2D eigenvalue weighted by atomic mass is 9.47. The van der Waals surface area contributed by atoms with E-state index in [1.807, 2.05) is 48.5 Å². The monoisotopic (exact) mass is 645 g/mol. The first-order valence-electron chi connectivity index (χ1n) is 12.6. The van der Waals surface area contributed by atoms with Gasteiger partial charge in [-0.3, -0.25) is 24.1 Å². The summed E-state index contributed by atoms with van der Waals surface area (Å²) >= 11 is 6.65. The fourth-order valence-electron chi connectivity index (χ4n) is 6.21. The number of amides is 2. The van der Waals surface area contributed by atoms with E-state index in [9.17, 15) is 19.2 Å². The standard InChI is InChI=1S/C29H29Br2NO6/c1-27(2,30)25(35)37-14-13-32-23(33)21-20-16-9-5-7-11-18(16)29(22(21)24(32)34,15-38-26(36)28(3,4)31)19-12-8-6-10-17(19)20/h5-12,20-22H,13-15H2,1-4H3. The quantitative estimate of drug-likeness (QED) is 0.251. The van der Waals surface area contributed by atoms with Crippen LogP contribution in [0.25, 0.3) is 0 Å². The Hall–Kier alpha value is -2.52. The second-order valence-corrected chi connectivity index (χ2v) is 15.1. The summed E-state index contributed by atoms with van der Waals surface area (Å²) in [6.07, 6.45) is 0. The van der Waals surface area contributed by atoms with Crippen LogP contribution in [0.5, 0.6) is 0 Å². The molecule has 2 amide bonds. The molecule has 3 aliphatic carbocycles. The third kappa shape index (κ3) is 4.04. The Labute approximate surface area is 238 Å². The number of rotatable bonds is 7. The van der Waals surface area contributed by atoms with Crippen molar-refractivity contribution in [2.45, 2.75) is 47.7 Å². The van der Waals surface area contributed by atoms with Crippen LogP contribution in [0, 0.1) is 11.8 Å². The fourth-order valence-corrected chi connectivity index (χ4v) is 6.44. The Bertz CT molecular complexity index is 1290. The Morgan fingerprint density at radius 3 is 1.87 bits per heavy atom. The highest BCUT2D eigenvalue weighted by atomic mass is 79.9. The van der Waals surface area contributed by atoms with E-state index in [1.54, 1.807) is 27.7 Å². The van der Waals surface area contributed by atoms with Crippen LogP contribution >= 0.6 is 31.9 Å². The van der Waals surface area contributed by atoms with E-state index in [1.165, 1.54) is 4.90 Å². The molecule has 2 unspecified atom stereocenters. The van der Waals surface area contributed by atoms with Gasteiger partial charge in [0.15, 0.2) is 0 Å². The normalized spacial score (nSPS) is 25.5. The third-order valence-electron chi connectivity index (χ3n) is 7.84. The number of carbonyl (C=O) groups excluding carboxylic acids is 4. The first-order chi connectivity index (χ1) is 17.8. The molecule has 0 radical (unpaired) electrons. The lowest BCUT2D eigenvalue weighted by Crippen LogP contribution is -2.56. The molecule has 9 heteroatoms. The van der Waals surface area contributed by atoms with Crippen molar-refractivity contribution in [2.24, 2.45) is 11.8 Å². The lowest BCUT2D eigenvalue weighted by molar-refractivity contribution is -0.151. The van der Waals surface area contributed by atoms with E-state index in [4.69, 9.17) is 9.47 Å². The number of ether oxygens (including phenoxy) is 2. The van der Waals surface area contributed by atoms with Gasteiger partial charge >= 0.3 is 11.9 Å². The van der Waals surface area contributed by atoms with Crippen molar-refractivity contribution < 1.29 is 28.7 Å². The van der Waals surface area contributed by atoms with Crippen molar-refractivity contribution in [3.8, 4) is 0 Å². The molecule has 7 nitrogen and oxygen atoms in total. The van der Waals surface area contributed by atoms with Crippen molar-refractivity contribution >= 4 is 55.6 Å².